The first-order valence-corrected chi connectivity index (χ1v) is 8.93. The van der Waals surface area contributed by atoms with Gasteiger partial charge >= 0.3 is 6.03 Å². The summed E-state index contributed by atoms with van der Waals surface area (Å²) < 4.78 is 5.88. The third-order valence-electron chi connectivity index (χ3n) is 4.48. The summed E-state index contributed by atoms with van der Waals surface area (Å²) in [5.74, 6) is 0.535. The number of para-hydroxylation sites is 2. The number of nitrogens with zero attached hydrogens (tertiary/aromatic N) is 4. The summed E-state index contributed by atoms with van der Waals surface area (Å²) in [7, 11) is 0. The van der Waals surface area contributed by atoms with Crippen LogP contribution in [0.4, 0.5) is 16.2 Å². The molecule has 1 aliphatic rings. The number of urea groups is 1. The van der Waals surface area contributed by atoms with Crippen molar-refractivity contribution in [2.24, 2.45) is 0 Å². The van der Waals surface area contributed by atoms with Crippen LogP contribution in [0, 0.1) is 0 Å². The zero-order valence-electron chi connectivity index (χ0n) is 14.8. The molecule has 1 unspecified atom stereocenters. The molecule has 2 aromatic carbocycles. The summed E-state index contributed by atoms with van der Waals surface area (Å²) in [6.45, 7) is 1.17. The van der Waals surface area contributed by atoms with Gasteiger partial charge in [-0.1, -0.05) is 36.4 Å². The monoisotopic (exact) mass is 360 g/mol. The van der Waals surface area contributed by atoms with Gasteiger partial charge in [0.2, 0.25) is 5.88 Å². The highest BCUT2D eigenvalue weighted by molar-refractivity contribution is 5.99. The van der Waals surface area contributed by atoms with Gasteiger partial charge in [0, 0.05) is 25.2 Å². The van der Waals surface area contributed by atoms with Crippen LogP contribution in [0.1, 0.15) is 6.42 Å². The lowest BCUT2D eigenvalue weighted by Gasteiger charge is -2.28. The van der Waals surface area contributed by atoms with E-state index in [4.69, 9.17) is 4.74 Å². The van der Waals surface area contributed by atoms with Crippen LogP contribution in [0.2, 0.25) is 0 Å². The summed E-state index contributed by atoms with van der Waals surface area (Å²) in [4.78, 5) is 24.9. The van der Waals surface area contributed by atoms with Crippen molar-refractivity contribution >= 4 is 17.4 Å². The van der Waals surface area contributed by atoms with E-state index in [1.807, 2.05) is 65.6 Å². The van der Waals surface area contributed by atoms with E-state index in [9.17, 15) is 4.79 Å². The molecule has 0 bridgehead atoms. The van der Waals surface area contributed by atoms with Crippen molar-refractivity contribution in [3.63, 3.8) is 0 Å². The van der Waals surface area contributed by atoms with E-state index in [1.54, 1.807) is 17.2 Å². The molecule has 1 fully saturated rings. The maximum atomic E-state index is 13.3. The number of carbonyl (C=O) groups excluding carboxylic acids is 1. The fourth-order valence-corrected chi connectivity index (χ4v) is 3.18. The Morgan fingerprint density at radius 2 is 1.67 bits per heavy atom. The fourth-order valence-electron chi connectivity index (χ4n) is 3.18. The molecule has 1 aliphatic heterocycles. The Morgan fingerprint density at radius 3 is 2.26 bits per heavy atom. The summed E-state index contributed by atoms with van der Waals surface area (Å²) in [6, 6.07) is 21.1. The second-order valence-corrected chi connectivity index (χ2v) is 6.31. The Hall–Kier alpha value is -3.41. The number of hydrogen-bond donors (Lipinski definition) is 0. The third-order valence-corrected chi connectivity index (χ3v) is 4.48. The normalized spacial score (nSPS) is 16.1. The molecular weight excluding hydrogens is 340 g/mol. The van der Waals surface area contributed by atoms with Crippen molar-refractivity contribution in [3.05, 3.63) is 79.3 Å². The first-order chi connectivity index (χ1) is 13.3. The van der Waals surface area contributed by atoms with E-state index in [0.29, 0.717) is 19.0 Å². The smallest absolute Gasteiger partial charge is 0.329 e. The van der Waals surface area contributed by atoms with Crippen LogP contribution in [0.15, 0.2) is 79.3 Å². The van der Waals surface area contributed by atoms with Gasteiger partial charge in [-0.25, -0.2) is 14.8 Å². The highest BCUT2D eigenvalue weighted by atomic mass is 16.5. The Morgan fingerprint density at radius 1 is 1.00 bits per heavy atom. The van der Waals surface area contributed by atoms with Crippen LogP contribution in [-0.2, 0) is 0 Å². The predicted octanol–water partition coefficient (Wildman–Crippen LogP) is 3.89. The second kappa shape index (κ2) is 7.86. The molecule has 0 N–H and O–H groups in total. The van der Waals surface area contributed by atoms with Crippen molar-refractivity contribution < 1.29 is 9.53 Å². The number of carbonyl (C=O) groups is 1. The van der Waals surface area contributed by atoms with Gasteiger partial charge in [-0.3, -0.25) is 4.90 Å². The molecule has 4 rings (SSSR count). The number of amides is 2. The molecule has 1 saturated heterocycles. The number of aromatic nitrogens is 2. The lowest BCUT2D eigenvalue weighted by molar-refractivity contribution is 0.187. The van der Waals surface area contributed by atoms with Gasteiger partial charge in [0.05, 0.1) is 17.9 Å². The van der Waals surface area contributed by atoms with Crippen molar-refractivity contribution in [3.8, 4) is 5.88 Å². The van der Waals surface area contributed by atoms with E-state index in [-0.39, 0.29) is 12.1 Å². The molecule has 0 spiro atoms. The molecular formula is C21H20N4O2. The van der Waals surface area contributed by atoms with Crippen LogP contribution >= 0.6 is 0 Å². The molecule has 1 atom stereocenters. The van der Waals surface area contributed by atoms with Gasteiger partial charge < -0.3 is 9.64 Å². The van der Waals surface area contributed by atoms with Gasteiger partial charge in [-0.15, -0.1) is 0 Å². The van der Waals surface area contributed by atoms with Crippen molar-refractivity contribution in [2.45, 2.75) is 12.5 Å². The van der Waals surface area contributed by atoms with Crippen molar-refractivity contribution in [1.29, 1.82) is 0 Å². The molecule has 0 aliphatic carbocycles. The summed E-state index contributed by atoms with van der Waals surface area (Å²) in [5, 5.41) is 0. The van der Waals surface area contributed by atoms with E-state index < -0.39 is 0 Å². The van der Waals surface area contributed by atoms with Crippen molar-refractivity contribution in [1.82, 2.24) is 14.9 Å². The number of likely N-dealkylation sites (tertiary alicyclic amines) is 1. The minimum Gasteiger partial charge on any atom is -0.472 e. The maximum absolute atomic E-state index is 13.3. The van der Waals surface area contributed by atoms with Gasteiger partial charge in [0.25, 0.3) is 0 Å². The second-order valence-electron chi connectivity index (χ2n) is 6.31. The zero-order chi connectivity index (χ0) is 18.5. The molecule has 136 valence electrons. The van der Waals surface area contributed by atoms with Crippen molar-refractivity contribution in [2.75, 3.05) is 18.0 Å². The average Bonchev–Trinajstić information content (AvgIpc) is 3.19. The minimum absolute atomic E-state index is 0.0545. The lowest BCUT2D eigenvalue weighted by atomic mass is 10.2. The molecule has 27 heavy (non-hydrogen) atoms. The van der Waals surface area contributed by atoms with Crippen LogP contribution in [-0.4, -0.2) is 40.1 Å². The zero-order valence-corrected chi connectivity index (χ0v) is 14.8. The number of hydrogen-bond acceptors (Lipinski definition) is 4. The maximum Gasteiger partial charge on any atom is 0.329 e. The quantitative estimate of drug-likeness (QED) is 0.708. The molecule has 2 heterocycles. The summed E-state index contributed by atoms with van der Waals surface area (Å²) in [6.07, 6.45) is 3.80. The Labute approximate surface area is 158 Å². The molecule has 0 radical (unpaired) electrons. The van der Waals surface area contributed by atoms with Gasteiger partial charge in [-0.2, -0.15) is 0 Å². The Balaban J connectivity index is 1.52. The minimum atomic E-state index is -0.0720. The molecule has 6 heteroatoms. The van der Waals surface area contributed by atoms with E-state index in [1.165, 1.54) is 6.33 Å². The first kappa shape index (κ1) is 17.0. The first-order valence-electron chi connectivity index (χ1n) is 8.93. The highest BCUT2D eigenvalue weighted by Gasteiger charge is 2.32. The molecule has 3 aromatic rings. The number of anilines is 2. The largest absolute Gasteiger partial charge is 0.472 e. The van der Waals surface area contributed by atoms with Crippen LogP contribution in [0.25, 0.3) is 0 Å². The van der Waals surface area contributed by atoms with E-state index in [2.05, 4.69) is 9.97 Å². The summed E-state index contributed by atoms with van der Waals surface area (Å²) in [5.41, 5.74) is 1.68. The van der Waals surface area contributed by atoms with Crippen LogP contribution in [0.3, 0.4) is 0 Å². The summed E-state index contributed by atoms with van der Waals surface area (Å²) >= 11 is 0. The standard InChI is InChI=1S/C21H20N4O2/c26-21(24-14-12-19(15-24)27-20-11-13-22-16-23-20)25(17-7-3-1-4-8-17)18-9-5-2-6-10-18/h1-11,13,16,19H,12,14-15H2. The highest BCUT2D eigenvalue weighted by Crippen LogP contribution is 2.28. The molecule has 6 nitrogen and oxygen atoms in total. The SMILES string of the molecule is O=C(N1CCC(Oc2ccncn2)C1)N(c1ccccc1)c1ccccc1. The number of rotatable bonds is 4. The van der Waals surface area contributed by atoms with E-state index in [0.717, 1.165) is 17.8 Å². The Kier molecular flexibility index (Phi) is 4.96. The molecule has 1 aromatic heterocycles. The van der Waals surface area contributed by atoms with E-state index >= 15 is 0 Å². The molecule has 0 saturated carbocycles. The number of ether oxygens (including phenoxy) is 1. The van der Waals surface area contributed by atoms with Gasteiger partial charge in [0.15, 0.2) is 0 Å². The number of benzene rings is 2. The topological polar surface area (TPSA) is 58.6 Å². The van der Waals surface area contributed by atoms with Crippen LogP contribution < -0.4 is 9.64 Å². The Bertz CT molecular complexity index is 835. The third kappa shape index (κ3) is 3.89. The fraction of sp³-hybridized carbons (Fsp3) is 0.190. The van der Waals surface area contributed by atoms with Gasteiger partial charge in [-0.05, 0) is 24.3 Å². The lowest BCUT2D eigenvalue weighted by Crippen LogP contribution is -2.40. The predicted molar refractivity (Wildman–Crippen MR) is 103 cm³/mol. The van der Waals surface area contributed by atoms with Gasteiger partial charge in [0.1, 0.15) is 12.4 Å². The average molecular weight is 360 g/mol. The van der Waals surface area contributed by atoms with Crippen LogP contribution in [0.5, 0.6) is 5.88 Å². The molecule has 2 amide bonds.